The van der Waals surface area contributed by atoms with Crippen LogP contribution >= 0.6 is 0 Å². The van der Waals surface area contributed by atoms with Crippen LogP contribution in [0.5, 0.6) is 5.75 Å². The van der Waals surface area contributed by atoms with Gasteiger partial charge in [-0.3, -0.25) is 9.88 Å². The second-order valence-corrected chi connectivity index (χ2v) is 7.02. The summed E-state index contributed by atoms with van der Waals surface area (Å²) in [5.74, 6) is 1.66. The van der Waals surface area contributed by atoms with Crippen LogP contribution in [0.1, 0.15) is 37.4 Å². The van der Waals surface area contributed by atoms with Gasteiger partial charge in [0.1, 0.15) is 12.4 Å². The number of rotatable bonds is 8. The molecule has 1 N–H and O–H groups in total. The highest BCUT2D eigenvalue weighted by Gasteiger charge is 2.26. The van der Waals surface area contributed by atoms with Gasteiger partial charge in [-0.25, -0.2) is 0 Å². The Hall–Kier alpha value is -1.91. The molecule has 1 saturated carbocycles. The summed E-state index contributed by atoms with van der Waals surface area (Å²) in [6.45, 7) is 4.66. The summed E-state index contributed by atoms with van der Waals surface area (Å²) in [4.78, 5) is 6.69. The van der Waals surface area contributed by atoms with Crippen LogP contribution in [-0.2, 0) is 13.2 Å². The first-order chi connectivity index (χ1) is 12.2. The second kappa shape index (κ2) is 8.97. The molecule has 0 spiro atoms. The van der Waals surface area contributed by atoms with Crippen LogP contribution in [-0.4, -0.2) is 34.2 Å². The van der Waals surface area contributed by atoms with Gasteiger partial charge in [0.05, 0.1) is 12.3 Å². The number of nitrogens with zero attached hydrogens (tertiary/aromatic N) is 2. The fraction of sp³-hybridized carbons (Fsp3) is 0.476. The van der Waals surface area contributed by atoms with Gasteiger partial charge in [0.15, 0.2) is 0 Å². The zero-order chi connectivity index (χ0) is 17.5. The molecule has 2 aromatic rings. The van der Waals surface area contributed by atoms with E-state index in [-0.39, 0.29) is 6.61 Å². The van der Waals surface area contributed by atoms with Crippen molar-refractivity contribution in [3.63, 3.8) is 0 Å². The van der Waals surface area contributed by atoms with Crippen molar-refractivity contribution in [3.05, 3.63) is 59.9 Å². The van der Waals surface area contributed by atoms with Crippen LogP contribution in [0.15, 0.2) is 48.7 Å². The molecular formula is C21H28N2O2. The number of hydrogen-bond acceptors (Lipinski definition) is 4. The molecule has 1 heterocycles. The molecule has 0 saturated heterocycles. The van der Waals surface area contributed by atoms with E-state index in [4.69, 9.17) is 4.74 Å². The van der Waals surface area contributed by atoms with Gasteiger partial charge in [0.25, 0.3) is 0 Å². The minimum atomic E-state index is 0.218. The van der Waals surface area contributed by atoms with Crippen molar-refractivity contribution >= 4 is 0 Å². The molecule has 2 atom stereocenters. The normalized spacial score (nSPS) is 20.1. The topological polar surface area (TPSA) is 45.6 Å². The van der Waals surface area contributed by atoms with Gasteiger partial charge in [-0.1, -0.05) is 25.1 Å². The highest BCUT2D eigenvalue weighted by Crippen LogP contribution is 2.29. The van der Waals surface area contributed by atoms with E-state index in [0.717, 1.165) is 30.5 Å². The lowest BCUT2D eigenvalue weighted by molar-refractivity contribution is 0.143. The van der Waals surface area contributed by atoms with Gasteiger partial charge in [0, 0.05) is 25.3 Å². The Bertz CT molecular complexity index is 630. The quantitative estimate of drug-likeness (QED) is 0.797. The number of aliphatic hydroxyl groups excluding tert-OH is 1. The Balaban J connectivity index is 1.55. The van der Waals surface area contributed by atoms with Crippen LogP contribution in [0, 0.1) is 5.92 Å². The smallest absolute Gasteiger partial charge is 0.130 e. The first-order valence-electron chi connectivity index (χ1n) is 9.21. The molecule has 1 aliphatic rings. The Kier molecular flexibility index (Phi) is 6.42. The number of pyridine rings is 1. The van der Waals surface area contributed by atoms with E-state index >= 15 is 0 Å². The number of aliphatic hydroxyl groups is 1. The Labute approximate surface area is 150 Å². The maximum atomic E-state index is 9.40. The molecule has 134 valence electrons. The van der Waals surface area contributed by atoms with Crippen LogP contribution < -0.4 is 4.74 Å². The van der Waals surface area contributed by atoms with E-state index in [1.54, 1.807) is 6.20 Å². The van der Waals surface area contributed by atoms with E-state index in [1.807, 2.05) is 30.3 Å². The maximum absolute atomic E-state index is 9.40. The van der Waals surface area contributed by atoms with Crippen LogP contribution in [0.2, 0.25) is 0 Å². The van der Waals surface area contributed by atoms with Crippen molar-refractivity contribution in [2.24, 2.45) is 5.92 Å². The molecular weight excluding hydrogens is 312 g/mol. The summed E-state index contributed by atoms with van der Waals surface area (Å²) in [5, 5.41) is 9.40. The largest absolute Gasteiger partial charge is 0.487 e. The predicted octanol–water partition coefficient (Wildman–Crippen LogP) is 3.64. The minimum absolute atomic E-state index is 0.218. The summed E-state index contributed by atoms with van der Waals surface area (Å²) in [7, 11) is 0. The summed E-state index contributed by atoms with van der Waals surface area (Å²) in [5.41, 5.74) is 2.19. The van der Waals surface area contributed by atoms with Crippen molar-refractivity contribution in [2.45, 2.75) is 45.4 Å². The number of benzene rings is 1. The molecule has 0 aliphatic heterocycles. The molecule has 1 aromatic heterocycles. The van der Waals surface area contributed by atoms with Crippen molar-refractivity contribution in [3.8, 4) is 5.75 Å². The fourth-order valence-electron chi connectivity index (χ4n) is 3.59. The Morgan fingerprint density at radius 3 is 2.64 bits per heavy atom. The molecule has 1 aromatic carbocycles. The van der Waals surface area contributed by atoms with E-state index in [0.29, 0.717) is 12.6 Å². The highest BCUT2D eigenvalue weighted by atomic mass is 16.5. The average Bonchev–Trinajstić information content (AvgIpc) is 3.08. The third-order valence-electron chi connectivity index (χ3n) is 4.99. The average molecular weight is 340 g/mol. The van der Waals surface area contributed by atoms with Gasteiger partial charge in [-0.05, 0) is 55.0 Å². The lowest BCUT2D eigenvalue weighted by atomic mass is 10.1. The minimum Gasteiger partial charge on any atom is -0.487 e. The van der Waals surface area contributed by atoms with Crippen molar-refractivity contribution < 1.29 is 9.84 Å². The highest BCUT2D eigenvalue weighted by molar-refractivity contribution is 5.27. The van der Waals surface area contributed by atoms with E-state index < -0.39 is 0 Å². The van der Waals surface area contributed by atoms with Gasteiger partial charge in [0.2, 0.25) is 0 Å². The van der Waals surface area contributed by atoms with Crippen molar-refractivity contribution in [1.29, 1.82) is 0 Å². The van der Waals surface area contributed by atoms with Gasteiger partial charge in [-0.2, -0.15) is 0 Å². The number of ether oxygens (including phenoxy) is 1. The van der Waals surface area contributed by atoms with Crippen LogP contribution in [0.25, 0.3) is 0 Å². The summed E-state index contributed by atoms with van der Waals surface area (Å²) < 4.78 is 5.80. The molecule has 4 nitrogen and oxygen atoms in total. The van der Waals surface area contributed by atoms with Crippen LogP contribution in [0.3, 0.4) is 0 Å². The SMILES string of the molecule is C[C@H]1CC[C@@H](N(CCO)Cc2ccc(OCc3ccccn3)cc2)C1. The number of hydrogen-bond donors (Lipinski definition) is 1. The zero-order valence-corrected chi connectivity index (χ0v) is 15.0. The monoisotopic (exact) mass is 340 g/mol. The Morgan fingerprint density at radius 2 is 2.00 bits per heavy atom. The third kappa shape index (κ3) is 5.28. The summed E-state index contributed by atoms with van der Waals surface area (Å²) in [6, 6.07) is 14.7. The molecule has 1 aliphatic carbocycles. The maximum Gasteiger partial charge on any atom is 0.130 e. The molecule has 0 unspecified atom stereocenters. The third-order valence-corrected chi connectivity index (χ3v) is 4.99. The zero-order valence-electron chi connectivity index (χ0n) is 15.0. The second-order valence-electron chi connectivity index (χ2n) is 7.02. The molecule has 25 heavy (non-hydrogen) atoms. The summed E-state index contributed by atoms with van der Waals surface area (Å²) >= 11 is 0. The van der Waals surface area contributed by atoms with Gasteiger partial charge >= 0.3 is 0 Å². The van der Waals surface area contributed by atoms with E-state index in [9.17, 15) is 5.11 Å². The van der Waals surface area contributed by atoms with E-state index in [1.165, 1.54) is 24.8 Å². The molecule has 0 amide bonds. The lowest BCUT2D eigenvalue weighted by Crippen LogP contribution is -2.35. The van der Waals surface area contributed by atoms with Gasteiger partial charge < -0.3 is 9.84 Å². The lowest BCUT2D eigenvalue weighted by Gasteiger charge is -2.28. The van der Waals surface area contributed by atoms with Crippen molar-refractivity contribution in [2.75, 3.05) is 13.2 Å². The Morgan fingerprint density at radius 1 is 1.16 bits per heavy atom. The molecule has 4 heteroatoms. The van der Waals surface area contributed by atoms with E-state index in [2.05, 4.69) is 28.9 Å². The molecule has 0 bridgehead atoms. The fourth-order valence-corrected chi connectivity index (χ4v) is 3.59. The first kappa shape index (κ1) is 17.9. The number of aromatic nitrogens is 1. The first-order valence-corrected chi connectivity index (χ1v) is 9.21. The molecule has 0 radical (unpaired) electrons. The predicted molar refractivity (Wildman–Crippen MR) is 99.3 cm³/mol. The standard InChI is InChI=1S/C21H28N2O2/c1-17-5-8-20(14-17)23(12-13-24)15-18-6-9-21(10-7-18)25-16-19-4-2-3-11-22-19/h2-4,6-7,9-11,17,20,24H,5,8,12-16H2,1H3/t17-,20+/m0/s1. The van der Waals surface area contributed by atoms with Gasteiger partial charge in [-0.15, -0.1) is 0 Å². The molecule has 3 rings (SSSR count). The van der Waals surface area contributed by atoms with Crippen molar-refractivity contribution in [1.82, 2.24) is 9.88 Å². The summed E-state index contributed by atoms with van der Waals surface area (Å²) in [6.07, 6.45) is 5.56. The van der Waals surface area contributed by atoms with Crippen LogP contribution in [0.4, 0.5) is 0 Å². The molecule has 1 fully saturated rings.